The highest BCUT2D eigenvalue weighted by Gasteiger charge is 2.18. The van der Waals surface area contributed by atoms with Crippen LogP contribution in [-0.2, 0) is 4.79 Å². The Bertz CT molecular complexity index is 179. The SMILES string of the molecule is CNC(CNC1CCCCC1)C(=O)O. The summed E-state index contributed by atoms with van der Waals surface area (Å²) in [4.78, 5) is 10.7. The summed E-state index contributed by atoms with van der Waals surface area (Å²) in [6.07, 6.45) is 6.25. The molecule has 14 heavy (non-hydrogen) atoms. The lowest BCUT2D eigenvalue weighted by atomic mass is 9.95. The molecular formula is C10H20N2O2. The predicted octanol–water partition coefficient (Wildman–Crippen LogP) is 0.581. The Morgan fingerprint density at radius 3 is 2.57 bits per heavy atom. The van der Waals surface area contributed by atoms with Gasteiger partial charge in [0.25, 0.3) is 0 Å². The molecule has 1 fully saturated rings. The molecule has 0 aromatic heterocycles. The molecule has 4 nitrogen and oxygen atoms in total. The van der Waals surface area contributed by atoms with Gasteiger partial charge in [0, 0.05) is 12.6 Å². The van der Waals surface area contributed by atoms with E-state index in [0.717, 1.165) is 0 Å². The first-order chi connectivity index (χ1) is 6.74. The fourth-order valence-corrected chi connectivity index (χ4v) is 1.90. The molecule has 0 amide bonds. The molecular weight excluding hydrogens is 180 g/mol. The number of rotatable bonds is 5. The van der Waals surface area contributed by atoms with Crippen LogP contribution < -0.4 is 10.6 Å². The van der Waals surface area contributed by atoms with Crippen LogP contribution in [0.25, 0.3) is 0 Å². The zero-order valence-corrected chi connectivity index (χ0v) is 8.75. The Morgan fingerprint density at radius 1 is 1.43 bits per heavy atom. The van der Waals surface area contributed by atoms with E-state index in [-0.39, 0.29) is 0 Å². The van der Waals surface area contributed by atoms with Gasteiger partial charge in [0.1, 0.15) is 6.04 Å². The van der Waals surface area contributed by atoms with Gasteiger partial charge in [-0.05, 0) is 19.9 Å². The molecule has 3 N–H and O–H groups in total. The molecule has 0 aliphatic heterocycles. The van der Waals surface area contributed by atoms with E-state index >= 15 is 0 Å². The van der Waals surface area contributed by atoms with Crippen LogP contribution in [0.2, 0.25) is 0 Å². The fourth-order valence-electron chi connectivity index (χ4n) is 1.90. The third-order valence-electron chi connectivity index (χ3n) is 2.86. The van der Waals surface area contributed by atoms with Crippen molar-refractivity contribution in [1.29, 1.82) is 0 Å². The molecule has 82 valence electrons. The van der Waals surface area contributed by atoms with Gasteiger partial charge < -0.3 is 15.7 Å². The Hall–Kier alpha value is -0.610. The van der Waals surface area contributed by atoms with Crippen molar-refractivity contribution in [2.75, 3.05) is 13.6 Å². The third-order valence-corrected chi connectivity index (χ3v) is 2.86. The quantitative estimate of drug-likeness (QED) is 0.607. The second kappa shape index (κ2) is 5.98. The molecule has 1 unspecified atom stereocenters. The molecule has 1 rings (SSSR count). The monoisotopic (exact) mass is 200 g/mol. The first-order valence-corrected chi connectivity index (χ1v) is 5.37. The summed E-state index contributed by atoms with van der Waals surface area (Å²) in [5, 5.41) is 14.9. The molecule has 1 aliphatic carbocycles. The minimum atomic E-state index is -0.782. The largest absolute Gasteiger partial charge is 0.480 e. The minimum Gasteiger partial charge on any atom is -0.480 e. The van der Waals surface area contributed by atoms with E-state index in [1.165, 1.54) is 32.1 Å². The molecule has 0 bridgehead atoms. The number of hydrogen-bond acceptors (Lipinski definition) is 3. The Labute approximate surface area is 85.1 Å². The van der Waals surface area contributed by atoms with E-state index in [1.807, 2.05) is 0 Å². The van der Waals surface area contributed by atoms with Gasteiger partial charge in [-0.15, -0.1) is 0 Å². The van der Waals surface area contributed by atoms with E-state index < -0.39 is 12.0 Å². The lowest BCUT2D eigenvalue weighted by molar-refractivity contribution is -0.139. The van der Waals surface area contributed by atoms with Crippen LogP contribution in [-0.4, -0.2) is 36.8 Å². The Balaban J connectivity index is 2.20. The van der Waals surface area contributed by atoms with Gasteiger partial charge in [-0.2, -0.15) is 0 Å². The van der Waals surface area contributed by atoms with E-state index in [0.29, 0.717) is 12.6 Å². The highest BCUT2D eigenvalue weighted by molar-refractivity contribution is 5.73. The number of nitrogens with one attached hydrogen (secondary N) is 2. The van der Waals surface area contributed by atoms with Crippen molar-refractivity contribution >= 4 is 5.97 Å². The fraction of sp³-hybridized carbons (Fsp3) is 0.900. The maximum Gasteiger partial charge on any atom is 0.322 e. The topological polar surface area (TPSA) is 61.4 Å². The van der Waals surface area contributed by atoms with Crippen molar-refractivity contribution < 1.29 is 9.90 Å². The molecule has 1 atom stereocenters. The molecule has 0 radical (unpaired) electrons. The molecule has 4 heteroatoms. The van der Waals surface area contributed by atoms with Crippen LogP contribution in [0, 0.1) is 0 Å². The summed E-state index contributed by atoms with van der Waals surface area (Å²) in [6, 6.07) is 0.0656. The number of carboxylic acids is 1. The van der Waals surface area contributed by atoms with Crippen molar-refractivity contribution in [3.05, 3.63) is 0 Å². The number of hydrogen-bond donors (Lipinski definition) is 3. The van der Waals surface area contributed by atoms with Crippen LogP contribution in [0.1, 0.15) is 32.1 Å². The standard InChI is InChI=1S/C10H20N2O2/c1-11-9(10(13)14)7-12-8-5-3-2-4-6-8/h8-9,11-12H,2-7H2,1H3,(H,13,14). The average Bonchev–Trinajstić information content (AvgIpc) is 2.20. The van der Waals surface area contributed by atoms with Crippen molar-refractivity contribution in [2.24, 2.45) is 0 Å². The molecule has 0 heterocycles. The number of carboxylic acid groups (broad SMARTS) is 1. The highest BCUT2D eigenvalue weighted by Crippen LogP contribution is 2.17. The Morgan fingerprint density at radius 2 is 2.07 bits per heavy atom. The first-order valence-electron chi connectivity index (χ1n) is 5.37. The minimum absolute atomic E-state index is 0.461. The second-order valence-electron chi connectivity index (χ2n) is 3.92. The smallest absolute Gasteiger partial charge is 0.322 e. The second-order valence-corrected chi connectivity index (χ2v) is 3.92. The lowest BCUT2D eigenvalue weighted by Gasteiger charge is -2.24. The van der Waals surface area contributed by atoms with Gasteiger partial charge in [0.05, 0.1) is 0 Å². The van der Waals surface area contributed by atoms with Crippen LogP contribution in [0.3, 0.4) is 0 Å². The molecule has 0 saturated heterocycles. The maximum atomic E-state index is 10.7. The van der Waals surface area contributed by atoms with E-state index in [1.54, 1.807) is 7.05 Å². The molecule has 0 aromatic rings. The van der Waals surface area contributed by atoms with Crippen molar-refractivity contribution in [2.45, 2.75) is 44.2 Å². The van der Waals surface area contributed by atoms with Gasteiger partial charge in [-0.3, -0.25) is 4.79 Å². The summed E-state index contributed by atoms with van der Waals surface area (Å²) in [5.74, 6) is -0.782. The van der Waals surface area contributed by atoms with Crippen molar-refractivity contribution in [3.63, 3.8) is 0 Å². The number of carbonyl (C=O) groups is 1. The molecule has 0 spiro atoms. The van der Waals surface area contributed by atoms with E-state index in [4.69, 9.17) is 5.11 Å². The third kappa shape index (κ3) is 3.64. The van der Waals surface area contributed by atoms with Crippen molar-refractivity contribution in [1.82, 2.24) is 10.6 Å². The van der Waals surface area contributed by atoms with Gasteiger partial charge in [-0.1, -0.05) is 19.3 Å². The average molecular weight is 200 g/mol. The zero-order chi connectivity index (χ0) is 10.4. The van der Waals surface area contributed by atoms with Crippen LogP contribution in [0.4, 0.5) is 0 Å². The Kier molecular flexibility index (Phi) is 4.90. The number of aliphatic carboxylic acids is 1. The lowest BCUT2D eigenvalue weighted by Crippen LogP contribution is -2.46. The van der Waals surface area contributed by atoms with Crippen molar-refractivity contribution in [3.8, 4) is 0 Å². The normalized spacial score (nSPS) is 20.6. The van der Waals surface area contributed by atoms with E-state index in [2.05, 4.69) is 10.6 Å². The van der Waals surface area contributed by atoms with Crippen LogP contribution in [0.5, 0.6) is 0 Å². The first kappa shape index (κ1) is 11.5. The van der Waals surface area contributed by atoms with E-state index in [9.17, 15) is 4.79 Å². The maximum absolute atomic E-state index is 10.7. The number of likely N-dealkylation sites (N-methyl/N-ethyl adjacent to an activating group) is 1. The van der Waals surface area contributed by atoms with Crippen LogP contribution >= 0.6 is 0 Å². The highest BCUT2D eigenvalue weighted by atomic mass is 16.4. The molecule has 1 aliphatic rings. The zero-order valence-electron chi connectivity index (χ0n) is 8.75. The van der Waals surface area contributed by atoms with Gasteiger partial charge in [-0.25, -0.2) is 0 Å². The van der Waals surface area contributed by atoms with Gasteiger partial charge in [0.2, 0.25) is 0 Å². The van der Waals surface area contributed by atoms with Crippen LogP contribution in [0.15, 0.2) is 0 Å². The summed E-state index contributed by atoms with van der Waals surface area (Å²) in [7, 11) is 1.68. The van der Waals surface area contributed by atoms with Gasteiger partial charge >= 0.3 is 5.97 Å². The summed E-state index contributed by atoms with van der Waals surface area (Å²) in [5.41, 5.74) is 0. The van der Waals surface area contributed by atoms with Gasteiger partial charge in [0.15, 0.2) is 0 Å². The summed E-state index contributed by atoms with van der Waals surface area (Å²) >= 11 is 0. The summed E-state index contributed by atoms with van der Waals surface area (Å²) < 4.78 is 0. The predicted molar refractivity (Wildman–Crippen MR) is 55.4 cm³/mol. The summed E-state index contributed by atoms with van der Waals surface area (Å²) in [6.45, 7) is 0.524. The molecule has 0 aromatic carbocycles. The molecule has 1 saturated carbocycles.